The summed E-state index contributed by atoms with van der Waals surface area (Å²) in [4.78, 5) is 13.6. The van der Waals surface area contributed by atoms with Crippen molar-refractivity contribution in [1.82, 2.24) is 10.2 Å². The van der Waals surface area contributed by atoms with E-state index in [0.717, 1.165) is 11.5 Å². The molecule has 19 heavy (non-hydrogen) atoms. The van der Waals surface area contributed by atoms with Gasteiger partial charge in [-0.1, -0.05) is 12.1 Å². The van der Waals surface area contributed by atoms with Crippen molar-refractivity contribution in [2.45, 2.75) is 19.1 Å². The van der Waals surface area contributed by atoms with Crippen LogP contribution in [0.1, 0.15) is 6.92 Å². The van der Waals surface area contributed by atoms with Gasteiger partial charge in [-0.2, -0.15) is 0 Å². The molecule has 0 radical (unpaired) electrons. The Morgan fingerprint density at radius 2 is 2.16 bits per heavy atom. The van der Waals surface area contributed by atoms with Gasteiger partial charge >= 0.3 is 0 Å². The maximum atomic E-state index is 12.0. The molecule has 0 aromatic heterocycles. The van der Waals surface area contributed by atoms with Crippen molar-refractivity contribution >= 4 is 5.91 Å². The Balaban J connectivity index is 1.93. The van der Waals surface area contributed by atoms with E-state index in [1.54, 1.807) is 19.0 Å². The van der Waals surface area contributed by atoms with Crippen LogP contribution in [0.3, 0.4) is 0 Å². The Bertz CT molecular complexity index is 450. The Labute approximate surface area is 113 Å². The molecule has 0 fully saturated rings. The minimum atomic E-state index is -0.193. The zero-order valence-corrected chi connectivity index (χ0v) is 11.6. The van der Waals surface area contributed by atoms with Gasteiger partial charge in [0.05, 0.1) is 12.6 Å². The molecule has 0 spiro atoms. The van der Waals surface area contributed by atoms with Gasteiger partial charge in [0.15, 0.2) is 17.6 Å². The Hall–Kier alpha value is -1.75. The lowest BCUT2D eigenvalue weighted by Gasteiger charge is -2.30. The Morgan fingerprint density at radius 1 is 1.47 bits per heavy atom. The average molecular weight is 264 g/mol. The fraction of sp³-hybridized carbons (Fsp3) is 0.500. The van der Waals surface area contributed by atoms with Crippen LogP contribution in [-0.4, -0.2) is 50.2 Å². The van der Waals surface area contributed by atoms with E-state index >= 15 is 0 Å². The lowest BCUT2D eigenvalue weighted by Crippen LogP contribution is -2.47. The molecule has 104 valence electrons. The maximum Gasteiger partial charge on any atom is 0.239 e. The lowest BCUT2D eigenvalue weighted by atomic mass is 10.2. The van der Waals surface area contributed by atoms with Crippen LogP contribution in [0.2, 0.25) is 0 Å². The first-order valence-corrected chi connectivity index (χ1v) is 6.42. The van der Waals surface area contributed by atoms with E-state index in [-0.39, 0.29) is 18.1 Å². The van der Waals surface area contributed by atoms with Gasteiger partial charge in [0, 0.05) is 7.05 Å². The number of nitrogens with zero attached hydrogens (tertiary/aromatic N) is 1. The van der Waals surface area contributed by atoms with Crippen molar-refractivity contribution in [2.24, 2.45) is 0 Å². The summed E-state index contributed by atoms with van der Waals surface area (Å²) in [5.41, 5.74) is 0. The van der Waals surface area contributed by atoms with Crippen LogP contribution in [0.5, 0.6) is 11.5 Å². The van der Waals surface area contributed by atoms with Crippen molar-refractivity contribution in [3.05, 3.63) is 24.3 Å². The first-order valence-electron chi connectivity index (χ1n) is 6.42. The van der Waals surface area contributed by atoms with E-state index in [2.05, 4.69) is 5.32 Å². The molecule has 2 atom stereocenters. The number of rotatable bonds is 4. The fourth-order valence-electron chi connectivity index (χ4n) is 2.00. The number of carbonyl (C=O) groups excluding carboxylic acids is 1. The third kappa shape index (κ3) is 3.17. The molecule has 1 heterocycles. The Morgan fingerprint density at radius 3 is 2.84 bits per heavy atom. The molecule has 1 N–H and O–H groups in total. The number of benzene rings is 1. The summed E-state index contributed by atoms with van der Waals surface area (Å²) in [6.45, 7) is 2.81. The zero-order chi connectivity index (χ0) is 13.8. The van der Waals surface area contributed by atoms with Gasteiger partial charge in [0.1, 0.15) is 6.61 Å². The lowest BCUT2D eigenvalue weighted by molar-refractivity contribution is -0.133. The molecule has 1 aromatic rings. The number of nitrogens with one attached hydrogen (secondary N) is 1. The molecule has 1 amide bonds. The van der Waals surface area contributed by atoms with Gasteiger partial charge in [-0.15, -0.1) is 0 Å². The highest BCUT2D eigenvalue weighted by atomic mass is 16.6. The third-order valence-electron chi connectivity index (χ3n) is 3.22. The smallest absolute Gasteiger partial charge is 0.239 e. The van der Waals surface area contributed by atoms with Crippen LogP contribution in [0.15, 0.2) is 24.3 Å². The second kappa shape index (κ2) is 5.93. The molecular weight excluding hydrogens is 244 g/mol. The number of hydrogen-bond acceptors (Lipinski definition) is 4. The number of amides is 1. The summed E-state index contributed by atoms with van der Waals surface area (Å²) in [5.74, 6) is 1.54. The van der Waals surface area contributed by atoms with Crippen LogP contribution in [0.25, 0.3) is 0 Å². The highest BCUT2D eigenvalue weighted by Gasteiger charge is 2.25. The first-order chi connectivity index (χ1) is 9.11. The number of ether oxygens (including phenoxy) is 2. The average Bonchev–Trinajstić information content (AvgIpc) is 2.45. The molecular formula is C14H20N2O3. The third-order valence-corrected chi connectivity index (χ3v) is 3.22. The van der Waals surface area contributed by atoms with Crippen LogP contribution in [0.4, 0.5) is 0 Å². The number of hydrogen-bond donors (Lipinski definition) is 1. The molecule has 0 saturated carbocycles. The summed E-state index contributed by atoms with van der Waals surface area (Å²) >= 11 is 0. The van der Waals surface area contributed by atoms with Crippen molar-refractivity contribution in [1.29, 1.82) is 0 Å². The maximum absolute atomic E-state index is 12.0. The molecule has 2 unspecified atom stereocenters. The molecule has 0 saturated heterocycles. The van der Waals surface area contributed by atoms with Crippen LogP contribution >= 0.6 is 0 Å². The van der Waals surface area contributed by atoms with Crippen molar-refractivity contribution in [3.63, 3.8) is 0 Å². The minimum absolute atomic E-state index is 0.0463. The van der Waals surface area contributed by atoms with Gasteiger partial charge in [-0.25, -0.2) is 0 Å². The number of fused-ring (bicyclic) bond motifs is 1. The summed E-state index contributed by atoms with van der Waals surface area (Å²) < 4.78 is 11.5. The highest BCUT2D eigenvalue weighted by molar-refractivity contribution is 5.81. The van der Waals surface area contributed by atoms with Gasteiger partial charge in [0.2, 0.25) is 5.91 Å². The van der Waals surface area contributed by atoms with Gasteiger partial charge in [-0.05, 0) is 26.1 Å². The van der Waals surface area contributed by atoms with Gasteiger partial charge in [0.25, 0.3) is 0 Å². The van der Waals surface area contributed by atoms with Crippen LogP contribution in [0, 0.1) is 0 Å². The van der Waals surface area contributed by atoms with E-state index in [1.165, 1.54) is 0 Å². The quantitative estimate of drug-likeness (QED) is 0.877. The molecule has 1 aromatic carbocycles. The molecule has 5 nitrogen and oxygen atoms in total. The topological polar surface area (TPSA) is 50.8 Å². The normalized spacial score (nSPS) is 18.8. The largest absolute Gasteiger partial charge is 0.486 e. The molecule has 5 heteroatoms. The monoisotopic (exact) mass is 264 g/mol. The van der Waals surface area contributed by atoms with Crippen molar-refractivity contribution in [3.8, 4) is 11.5 Å². The van der Waals surface area contributed by atoms with Crippen LogP contribution < -0.4 is 14.8 Å². The summed E-state index contributed by atoms with van der Waals surface area (Å²) in [5, 5.41) is 2.94. The number of likely N-dealkylation sites (N-methyl/N-ethyl adjacent to an activating group) is 2. The summed E-state index contributed by atoms with van der Waals surface area (Å²) in [7, 11) is 3.55. The Kier molecular flexibility index (Phi) is 4.27. The highest BCUT2D eigenvalue weighted by Crippen LogP contribution is 2.30. The number of para-hydroxylation sites is 2. The van der Waals surface area contributed by atoms with Crippen LogP contribution in [-0.2, 0) is 4.79 Å². The van der Waals surface area contributed by atoms with E-state index in [0.29, 0.717) is 13.2 Å². The van der Waals surface area contributed by atoms with E-state index in [4.69, 9.17) is 9.47 Å². The molecule has 2 rings (SSSR count). The van der Waals surface area contributed by atoms with E-state index in [1.807, 2.05) is 31.2 Å². The SMILES string of the molecule is CNC(C)C(=O)N(C)CC1COc2ccccc2O1. The predicted molar refractivity (Wildman–Crippen MR) is 72.5 cm³/mol. The van der Waals surface area contributed by atoms with Crippen molar-refractivity contribution in [2.75, 3.05) is 27.2 Å². The molecule has 0 aliphatic carbocycles. The first kappa shape index (κ1) is 13.7. The summed E-state index contributed by atoms with van der Waals surface area (Å²) in [6, 6.07) is 7.37. The fourth-order valence-corrected chi connectivity index (χ4v) is 2.00. The minimum Gasteiger partial charge on any atom is -0.486 e. The predicted octanol–water partition coefficient (Wildman–Crippen LogP) is 0.893. The van der Waals surface area contributed by atoms with E-state index in [9.17, 15) is 4.79 Å². The van der Waals surface area contributed by atoms with Gasteiger partial charge < -0.3 is 19.7 Å². The second-order valence-corrected chi connectivity index (χ2v) is 4.73. The number of carbonyl (C=O) groups is 1. The van der Waals surface area contributed by atoms with E-state index < -0.39 is 0 Å². The second-order valence-electron chi connectivity index (χ2n) is 4.73. The molecule has 1 aliphatic heterocycles. The van der Waals surface area contributed by atoms with Gasteiger partial charge in [-0.3, -0.25) is 4.79 Å². The zero-order valence-electron chi connectivity index (χ0n) is 11.6. The molecule has 0 bridgehead atoms. The summed E-state index contributed by atoms with van der Waals surface area (Å²) in [6.07, 6.45) is -0.132. The van der Waals surface area contributed by atoms with Crippen molar-refractivity contribution < 1.29 is 14.3 Å². The standard InChI is InChI=1S/C14H20N2O3/c1-10(15-2)14(17)16(3)8-11-9-18-12-6-4-5-7-13(12)19-11/h4-7,10-11,15H,8-9H2,1-3H3. The molecule has 1 aliphatic rings.